The van der Waals surface area contributed by atoms with Crippen molar-refractivity contribution in [2.45, 2.75) is 25.8 Å². The summed E-state index contributed by atoms with van der Waals surface area (Å²) < 4.78 is 5.25. The van der Waals surface area contributed by atoms with Gasteiger partial charge in [0.2, 0.25) is 5.91 Å². The van der Waals surface area contributed by atoms with Crippen LogP contribution in [0.2, 0.25) is 0 Å². The molecule has 2 aromatic heterocycles. The molecule has 134 valence electrons. The summed E-state index contributed by atoms with van der Waals surface area (Å²) in [7, 11) is 1.65. The van der Waals surface area contributed by atoms with Crippen molar-refractivity contribution >= 4 is 17.2 Å². The van der Waals surface area contributed by atoms with Crippen molar-refractivity contribution < 1.29 is 9.53 Å². The number of aryl methyl sites for hydroxylation is 1. The summed E-state index contributed by atoms with van der Waals surface area (Å²) in [6.07, 6.45) is 2.04. The van der Waals surface area contributed by atoms with Crippen LogP contribution in [0.15, 0.2) is 36.0 Å². The molecule has 26 heavy (non-hydrogen) atoms. The van der Waals surface area contributed by atoms with Crippen molar-refractivity contribution in [3.8, 4) is 5.75 Å². The SMILES string of the molecule is COc1ccc(C2CN(C(=O)Cc3csc(C)n3)Cc3[nH]cnc32)cc1. The number of aromatic nitrogens is 3. The molecular formula is C19H20N4O2S. The third kappa shape index (κ3) is 3.22. The Kier molecular flexibility index (Phi) is 4.46. The average molecular weight is 368 g/mol. The Labute approximate surface area is 155 Å². The lowest BCUT2D eigenvalue weighted by Crippen LogP contribution is -2.39. The Morgan fingerprint density at radius 1 is 1.38 bits per heavy atom. The zero-order valence-corrected chi connectivity index (χ0v) is 15.5. The molecule has 1 aliphatic heterocycles. The molecule has 0 aliphatic carbocycles. The first-order valence-corrected chi connectivity index (χ1v) is 9.37. The van der Waals surface area contributed by atoms with E-state index in [1.807, 2.05) is 41.5 Å². The maximum atomic E-state index is 12.8. The maximum absolute atomic E-state index is 12.8. The molecule has 7 heteroatoms. The summed E-state index contributed by atoms with van der Waals surface area (Å²) in [4.78, 5) is 26.8. The first-order chi connectivity index (χ1) is 12.6. The van der Waals surface area contributed by atoms with Crippen molar-refractivity contribution in [3.63, 3.8) is 0 Å². The Morgan fingerprint density at radius 2 is 2.19 bits per heavy atom. The monoisotopic (exact) mass is 368 g/mol. The van der Waals surface area contributed by atoms with Gasteiger partial charge in [0.1, 0.15) is 5.75 Å². The van der Waals surface area contributed by atoms with E-state index < -0.39 is 0 Å². The van der Waals surface area contributed by atoms with Crippen molar-refractivity contribution in [1.82, 2.24) is 19.9 Å². The highest BCUT2D eigenvalue weighted by Gasteiger charge is 2.31. The first-order valence-electron chi connectivity index (χ1n) is 8.49. The second-order valence-corrected chi connectivity index (χ2v) is 7.46. The second-order valence-electron chi connectivity index (χ2n) is 6.40. The van der Waals surface area contributed by atoms with Gasteiger partial charge in [-0.1, -0.05) is 12.1 Å². The maximum Gasteiger partial charge on any atom is 0.229 e. The molecular weight excluding hydrogens is 348 g/mol. The Morgan fingerprint density at radius 3 is 2.88 bits per heavy atom. The van der Waals surface area contributed by atoms with Crippen LogP contribution >= 0.6 is 11.3 Å². The zero-order chi connectivity index (χ0) is 18.1. The number of fused-ring (bicyclic) bond motifs is 1. The molecule has 3 heterocycles. The van der Waals surface area contributed by atoms with Crippen LogP contribution in [0, 0.1) is 6.92 Å². The summed E-state index contributed by atoms with van der Waals surface area (Å²) in [5.74, 6) is 0.963. The van der Waals surface area contributed by atoms with Gasteiger partial charge < -0.3 is 14.6 Å². The average Bonchev–Trinajstić information content (AvgIpc) is 3.29. The number of thiazole rings is 1. The summed E-state index contributed by atoms with van der Waals surface area (Å²) in [5, 5.41) is 2.94. The normalized spacial score (nSPS) is 16.4. The highest BCUT2D eigenvalue weighted by Crippen LogP contribution is 2.32. The van der Waals surface area contributed by atoms with Gasteiger partial charge in [0.25, 0.3) is 0 Å². The molecule has 4 rings (SSSR count). The van der Waals surface area contributed by atoms with E-state index in [4.69, 9.17) is 4.74 Å². The summed E-state index contributed by atoms with van der Waals surface area (Å²) in [5.41, 5.74) is 3.98. The van der Waals surface area contributed by atoms with E-state index in [0.717, 1.165) is 33.4 Å². The molecule has 1 unspecified atom stereocenters. The highest BCUT2D eigenvalue weighted by molar-refractivity contribution is 7.09. The van der Waals surface area contributed by atoms with Crippen molar-refractivity contribution in [2.24, 2.45) is 0 Å². The van der Waals surface area contributed by atoms with Crippen molar-refractivity contribution in [2.75, 3.05) is 13.7 Å². The molecule has 0 spiro atoms. The molecule has 0 saturated carbocycles. The van der Waals surface area contributed by atoms with Crippen LogP contribution in [0.1, 0.15) is 33.6 Å². The van der Waals surface area contributed by atoms with Gasteiger partial charge in [-0.15, -0.1) is 11.3 Å². The van der Waals surface area contributed by atoms with Gasteiger partial charge in [0, 0.05) is 17.8 Å². The number of imidazole rings is 1. The van der Waals surface area contributed by atoms with Gasteiger partial charge in [-0.3, -0.25) is 4.79 Å². The molecule has 1 aromatic carbocycles. The number of nitrogens with zero attached hydrogens (tertiary/aromatic N) is 3. The van der Waals surface area contributed by atoms with Crippen LogP contribution in [-0.2, 0) is 17.8 Å². The number of ether oxygens (including phenoxy) is 1. The van der Waals surface area contributed by atoms with E-state index >= 15 is 0 Å². The van der Waals surface area contributed by atoms with Gasteiger partial charge in [0.05, 0.1) is 48.5 Å². The zero-order valence-electron chi connectivity index (χ0n) is 14.7. The van der Waals surface area contributed by atoms with Crippen LogP contribution in [0.25, 0.3) is 0 Å². The minimum Gasteiger partial charge on any atom is -0.497 e. The number of H-pyrrole nitrogens is 1. The molecule has 0 bridgehead atoms. The topological polar surface area (TPSA) is 71.1 Å². The van der Waals surface area contributed by atoms with Gasteiger partial charge in [-0.25, -0.2) is 9.97 Å². The second kappa shape index (κ2) is 6.92. The molecule has 0 radical (unpaired) electrons. The fourth-order valence-corrected chi connectivity index (χ4v) is 3.98. The van der Waals surface area contributed by atoms with Gasteiger partial charge in [-0.05, 0) is 24.6 Å². The van der Waals surface area contributed by atoms with Crippen LogP contribution < -0.4 is 4.74 Å². The number of hydrogen-bond acceptors (Lipinski definition) is 5. The van der Waals surface area contributed by atoms with Crippen molar-refractivity contribution in [1.29, 1.82) is 0 Å². The van der Waals surface area contributed by atoms with Gasteiger partial charge >= 0.3 is 0 Å². The number of aromatic amines is 1. The van der Waals surface area contributed by atoms with Crippen LogP contribution in [0.3, 0.4) is 0 Å². The Hall–Kier alpha value is -2.67. The van der Waals surface area contributed by atoms with E-state index in [0.29, 0.717) is 19.5 Å². The van der Waals surface area contributed by atoms with E-state index in [1.54, 1.807) is 24.8 Å². The van der Waals surface area contributed by atoms with Crippen LogP contribution in [-0.4, -0.2) is 39.4 Å². The molecule has 1 amide bonds. The summed E-state index contributed by atoms with van der Waals surface area (Å²) in [6, 6.07) is 7.97. The molecule has 1 aliphatic rings. The lowest BCUT2D eigenvalue weighted by atomic mass is 9.90. The molecule has 1 N–H and O–H groups in total. The number of rotatable bonds is 4. The minimum atomic E-state index is 0.0528. The summed E-state index contributed by atoms with van der Waals surface area (Å²) in [6.45, 7) is 3.13. The lowest BCUT2D eigenvalue weighted by molar-refractivity contribution is -0.131. The number of carbonyl (C=O) groups is 1. The third-order valence-electron chi connectivity index (χ3n) is 4.70. The minimum absolute atomic E-state index is 0.0528. The number of benzene rings is 1. The fourth-order valence-electron chi connectivity index (χ4n) is 3.37. The molecule has 1 atom stereocenters. The quantitative estimate of drug-likeness (QED) is 0.769. The highest BCUT2D eigenvalue weighted by atomic mass is 32.1. The number of nitrogens with one attached hydrogen (secondary N) is 1. The predicted octanol–water partition coefficient (Wildman–Crippen LogP) is 2.90. The van der Waals surface area contributed by atoms with Crippen LogP contribution in [0.5, 0.6) is 5.75 Å². The Bertz CT molecular complexity index is 916. The van der Waals surface area contributed by atoms with E-state index in [1.165, 1.54) is 0 Å². The van der Waals surface area contributed by atoms with E-state index in [-0.39, 0.29) is 11.8 Å². The van der Waals surface area contributed by atoms with Crippen molar-refractivity contribution in [3.05, 3.63) is 63.6 Å². The largest absolute Gasteiger partial charge is 0.497 e. The number of hydrogen-bond donors (Lipinski definition) is 1. The molecule has 0 saturated heterocycles. The molecule has 6 nitrogen and oxygen atoms in total. The fraction of sp³-hybridized carbons (Fsp3) is 0.316. The summed E-state index contributed by atoms with van der Waals surface area (Å²) >= 11 is 1.57. The number of methoxy groups -OCH3 is 1. The number of carbonyl (C=O) groups excluding carboxylic acids is 1. The number of amides is 1. The standard InChI is InChI=1S/C19H20N4O2S/c1-12-22-14(10-26-12)7-18(24)23-8-16(19-17(9-23)20-11-21-19)13-3-5-15(25-2)6-4-13/h3-6,10-11,16H,7-9H2,1-2H3,(H,20,21). The molecule has 0 fully saturated rings. The lowest BCUT2D eigenvalue weighted by Gasteiger charge is -2.32. The van der Waals surface area contributed by atoms with E-state index in [9.17, 15) is 4.79 Å². The van der Waals surface area contributed by atoms with Gasteiger partial charge in [0.15, 0.2) is 0 Å². The Balaban J connectivity index is 1.58. The smallest absolute Gasteiger partial charge is 0.229 e. The van der Waals surface area contributed by atoms with Crippen LogP contribution in [0.4, 0.5) is 0 Å². The predicted molar refractivity (Wildman–Crippen MR) is 99.4 cm³/mol. The van der Waals surface area contributed by atoms with E-state index in [2.05, 4.69) is 15.0 Å². The van der Waals surface area contributed by atoms with Gasteiger partial charge in [-0.2, -0.15) is 0 Å². The first kappa shape index (κ1) is 16.8. The molecule has 3 aromatic rings. The third-order valence-corrected chi connectivity index (χ3v) is 5.53.